The van der Waals surface area contributed by atoms with Crippen molar-refractivity contribution in [2.45, 2.75) is 25.7 Å². The van der Waals surface area contributed by atoms with Gasteiger partial charge >= 0.3 is 0 Å². The number of hydrogen-bond acceptors (Lipinski definition) is 2. The molecule has 2 rings (SSSR count). The van der Waals surface area contributed by atoms with E-state index in [4.69, 9.17) is 16.3 Å². The van der Waals surface area contributed by atoms with Gasteiger partial charge in [0, 0.05) is 38.8 Å². The lowest BCUT2D eigenvalue weighted by Crippen LogP contribution is -2.41. The fourth-order valence-electron chi connectivity index (χ4n) is 2.37. The smallest absolute Gasteiger partial charge is 0.193 e. The molecule has 0 unspecified atom stereocenters. The first kappa shape index (κ1) is 21.5. The van der Waals surface area contributed by atoms with Gasteiger partial charge in [-0.15, -0.1) is 24.0 Å². The van der Waals surface area contributed by atoms with Gasteiger partial charge in [-0.2, -0.15) is 0 Å². The topological polar surface area (TPSA) is 36.9 Å². The number of benzene rings is 1. The van der Waals surface area contributed by atoms with Crippen molar-refractivity contribution in [2.75, 3.05) is 40.4 Å². The van der Waals surface area contributed by atoms with Gasteiger partial charge in [-0.3, -0.25) is 4.99 Å². The van der Waals surface area contributed by atoms with Crippen molar-refractivity contribution in [3.63, 3.8) is 0 Å². The van der Waals surface area contributed by atoms with Crippen LogP contribution in [0.4, 0.5) is 0 Å². The maximum Gasteiger partial charge on any atom is 0.193 e. The quantitative estimate of drug-likeness (QED) is 0.261. The van der Waals surface area contributed by atoms with Crippen molar-refractivity contribution in [3.05, 3.63) is 34.9 Å². The molecule has 0 spiro atoms. The number of guanidine groups is 1. The minimum atomic E-state index is 0. The number of halogens is 2. The van der Waals surface area contributed by atoms with Crippen molar-refractivity contribution < 1.29 is 4.74 Å². The SMILES string of the molecule is CN=C(NCCCc1ccc(Cl)cc1)N(C)CCOCC1CC1.I. The highest BCUT2D eigenvalue weighted by Crippen LogP contribution is 2.28. The molecule has 6 heteroatoms. The zero-order valence-corrected chi connectivity index (χ0v) is 17.7. The van der Waals surface area contributed by atoms with Crippen LogP contribution in [-0.4, -0.2) is 51.3 Å². The molecule has 24 heavy (non-hydrogen) atoms. The van der Waals surface area contributed by atoms with Gasteiger partial charge in [0.15, 0.2) is 5.96 Å². The number of likely N-dealkylation sites (N-methyl/N-ethyl adjacent to an activating group) is 1. The van der Waals surface area contributed by atoms with Gasteiger partial charge < -0.3 is 15.0 Å². The number of nitrogens with zero attached hydrogens (tertiary/aromatic N) is 2. The maximum absolute atomic E-state index is 5.90. The van der Waals surface area contributed by atoms with Crippen LogP contribution in [0.1, 0.15) is 24.8 Å². The van der Waals surface area contributed by atoms with Crippen LogP contribution < -0.4 is 5.32 Å². The molecule has 1 saturated carbocycles. The molecule has 1 fully saturated rings. The van der Waals surface area contributed by atoms with Gasteiger partial charge in [0.2, 0.25) is 0 Å². The lowest BCUT2D eigenvalue weighted by atomic mass is 10.1. The number of aryl methyl sites for hydroxylation is 1. The van der Waals surface area contributed by atoms with Crippen LogP contribution >= 0.6 is 35.6 Å². The summed E-state index contributed by atoms with van der Waals surface area (Å²) in [5, 5.41) is 4.20. The zero-order valence-electron chi connectivity index (χ0n) is 14.6. The van der Waals surface area contributed by atoms with Crippen molar-refractivity contribution in [3.8, 4) is 0 Å². The van der Waals surface area contributed by atoms with E-state index in [9.17, 15) is 0 Å². The molecule has 0 aromatic heterocycles. The summed E-state index contributed by atoms with van der Waals surface area (Å²) in [5.74, 6) is 1.75. The second-order valence-corrected chi connectivity index (χ2v) is 6.58. The first-order valence-electron chi connectivity index (χ1n) is 8.43. The third-order valence-electron chi connectivity index (χ3n) is 4.03. The van der Waals surface area contributed by atoms with Gasteiger partial charge in [-0.05, 0) is 49.3 Å². The molecule has 1 N–H and O–H groups in total. The first-order valence-corrected chi connectivity index (χ1v) is 8.81. The van der Waals surface area contributed by atoms with E-state index in [-0.39, 0.29) is 24.0 Å². The van der Waals surface area contributed by atoms with E-state index in [0.29, 0.717) is 0 Å². The zero-order chi connectivity index (χ0) is 16.5. The fourth-order valence-corrected chi connectivity index (χ4v) is 2.50. The van der Waals surface area contributed by atoms with Crippen LogP contribution in [0.3, 0.4) is 0 Å². The Morgan fingerprint density at radius 2 is 2.04 bits per heavy atom. The highest BCUT2D eigenvalue weighted by molar-refractivity contribution is 14.0. The Balaban J connectivity index is 0.00000288. The summed E-state index contributed by atoms with van der Waals surface area (Å²) >= 11 is 5.90. The van der Waals surface area contributed by atoms with E-state index in [1.165, 1.54) is 18.4 Å². The molecule has 1 aromatic carbocycles. The Hall–Kier alpha value is -0.530. The standard InChI is InChI=1S/C18H28ClN3O.HI/c1-20-18(22(2)12-13-23-14-16-5-6-16)21-11-3-4-15-7-9-17(19)10-8-15;/h7-10,16H,3-6,11-14H2,1-2H3,(H,20,21);1H. The van der Waals surface area contributed by atoms with Crippen molar-refractivity contribution in [2.24, 2.45) is 10.9 Å². The maximum atomic E-state index is 5.90. The van der Waals surface area contributed by atoms with E-state index < -0.39 is 0 Å². The van der Waals surface area contributed by atoms with Crippen molar-refractivity contribution in [1.29, 1.82) is 0 Å². The number of rotatable bonds is 9. The molecule has 0 aliphatic heterocycles. The van der Waals surface area contributed by atoms with Crippen molar-refractivity contribution in [1.82, 2.24) is 10.2 Å². The van der Waals surface area contributed by atoms with Gasteiger partial charge in [0.1, 0.15) is 0 Å². The largest absolute Gasteiger partial charge is 0.379 e. The molecule has 0 amide bonds. The number of aliphatic imine (C=N–C) groups is 1. The fraction of sp³-hybridized carbons (Fsp3) is 0.611. The van der Waals surface area contributed by atoms with Gasteiger partial charge in [-0.25, -0.2) is 0 Å². The monoisotopic (exact) mass is 465 g/mol. The van der Waals surface area contributed by atoms with Gasteiger partial charge in [0.05, 0.1) is 6.61 Å². The Labute approximate surface area is 168 Å². The van der Waals surface area contributed by atoms with E-state index in [0.717, 1.165) is 56.0 Å². The summed E-state index contributed by atoms with van der Waals surface area (Å²) in [5.41, 5.74) is 1.31. The van der Waals surface area contributed by atoms with Crippen LogP contribution in [0.2, 0.25) is 5.02 Å². The lowest BCUT2D eigenvalue weighted by Gasteiger charge is -2.22. The summed E-state index contributed by atoms with van der Waals surface area (Å²) in [7, 11) is 3.87. The summed E-state index contributed by atoms with van der Waals surface area (Å²) < 4.78 is 5.68. The number of ether oxygens (including phenoxy) is 1. The average Bonchev–Trinajstić information content (AvgIpc) is 3.37. The summed E-state index contributed by atoms with van der Waals surface area (Å²) in [6, 6.07) is 8.05. The first-order chi connectivity index (χ1) is 11.2. The molecular formula is C18H29ClIN3O. The number of nitrogens with one attached hydrogen (secondary N) is 1. The Morgan fingerprint density at radius 3 is 2.67 bits per heavy atom. The van der Waals surface area contributed by atoms with Crippen LogP contribution in [-0.2, 0) is 11.2 Å². The van der Waals surface area contributed by atoms with E-state index >= 15 is 0 Å². The average molecular weight is 466 g/mol. The molecule has 1 aliphatic rings. The predicted octanol–water partition coefficient (Wildman–Crippen LogP) is 3.82. The molecule has 4 nitrogen and oxygen atoms in total. The highest BCUT2D eigenvalue weighted by atomic mass is 127. The van der Waals surface area contributed by atoms with Crippen molar-refractivity contribution >= 4 is 41.5 Å². The third-order valence-corrected chi connectivity index (χ3v) is 4.29. The summed E-state index contributed by atoms with van der Waals surface area (Å²) in [4.78, 5) is 6.45. The highest BCUT2D eigenvalue weighted by Gasteiger charge is 2.21. The normalized spacial score (nSPS) is 14.2. The Bertz CT molecular complexity index is 492. The second-order valence-electron chi connectivity index (χ2n) is 6.14. The van der Waals surface area contributed by atoms with E-state index in [1.807, 2.05) is 19.2 Å². The minimum absolute atomic E-state index is 0. The molecule has 1 aliphatic carbocycles. The Morgan fingerprint density at radius 1 is 1.33 bits per heavy atom. The van der Waals surface area contributed by atoms with Crippen LogP contribution in [0.25, 0.3) is 0 Å². The summed E-state index contributed by atoms with van der Waals surface area (Å²) in [6.45, 7) is 3.45. The molecule has 0 radical (unpaired) electrons. The number of hydrogen-bond donors (Lipinski definition) is 1. The molecular weight excluding hydrogens is 437 g/mol. The van der Waals surface area contributed by atoms with Gasteiger partial charge in [-0.1, -0.05) is 23.7 Å². The van der Waals surface area contributed by atoms with Crippen LogP contribution in [0, 0.1) is 5.92 Å². The van der Waals surface area contributed by atoms with Crippen LogP contribution in [0.15, 0.2) is 29.3 Å². The molecule has 136 valence electrons. The molecule has 0 saturated heterocycles. The van der Waals surface area contributed by atoms with E-state index in [1.54, 1.807) is 0 Å². The second kappa shape index (κ2) is 11.9. The van der Waals surface area contributed by atoms with Gasteiger partial charge in [0.25, 0.3) is 0 Å². The lowest BCUT2D eigenvalue weighted by molar-refractivity contribution is 0.115. The predicted molar refractivity (Wildman–Crippen MR) is 113 cm³/mol. The molecule has 0 bridgehead atoms. The molecule has 1 aromatic rings. The van der Waals surface area contributed by atoms with Crippen LogP contribution in [0.5, 0.6) is 0 Å². The molecule has 0 atom stereocenters. The van der Waals surface area contributed by atoms with E-state index in [2.05, 4.69) is 34.4 Å². The molecule has 0 heterocycles. The summed E-state index contributed by atoms with van der Waals surface area (Å²) in [6.07, 6.45) is 4.78. The third kappa shape index (κ3) is 8.53. The Kier molecular flexibility index (Phi) is 10.7. The minimum Gasteiger partial charge on any atom is -0.379 e.